The third kappa shape index (κ3) is 4.02. The molecule has 2 aliphatic rings. The van der Waals surface area contributed by atoms with E-state index in [0.717, 1.165) is 25.7 Å². The Labute approximate surface area is 149 Å². The number of phenols is 1. The Balaban J connectivity index is 1.71. The number of thioether (sulfide) groups is 1. The van der Waals surface area contributed by atoms with Gasteiger partial charge >= 0.3 is 0 Å². The van der Waals surface area contributed by atoms with E-state index < -0.39 is 5.82 Å². The number of phenolic OH excluding ortho intramolecular Hbond substituents is 1. The summed E-state index contributed by atoms with van der Waals surface area (Å²) in [6.07, 6.45) is 1.53. The summed E-state index contributed by atoms with van der Waals surface area (Å²) >= 11 is 1.27. The SMILES string of the molecule is C[C@H]1CN(CCO)CCN1C1=NC(=O)/C(=C/c2ccc(F)cc2O)S1. The summed E-state index contributed by atoms with van der Waals surface area (Å²) in [6, 6.07) is 3.86. The van der Waals surface area contributed by atoms with Crippen LogP contribution in [0.1, 0.15) is 12.5 Å². The van der Waals surface area contributed by atoms with Crippen LogP contribution in [0, 0.1) is 5.82 Å². The number of rotatable bonds is 3. The molecule has 8 heteroatoms. The Morgan fingerprint density at radius 1 is 1.44 bits per heavy atom. The highest BCUT2D eigenvalue weighted by Gasteiger charge is 2.32. The molecule has 134 valence electrons. The maximum absolute atomic E-state index is 13.1. The molecular formula is C17H20FN3O3S. The number of hydrogen-bond acceptors (Lipinski definition) is 6. The van der Waals surface area contributed by atoms with Crippen LogP contribution in [0.4, 0.5) is 4.39 Å². The second-order valence-corrected chi connectivity index (χ2v) is 7.09. The third-order valence-electron chi connectivity index (χ3n) is 4.26. The summed E-state index contributed by atoms with van der Waals surface area (Å²) in [7, 11) is 0. The molecule has 0 bridgehead atoms. The minimum absolute atomic E-state index is 0.134. The van der Waals surface area contributed by atoms with Crippen LogP contribution >= 0.6 is 11.8 Å². The number of carbonyl (C=O) groups excluding carboxylic acids is 1. The fourth-order valence-electron chi connectivity index (χ4n) is 2.96. The van der Waals surface area contributed by atoms with Crippen molar-refractivity contribution >= 4 is 28.9 Å². The van der Waals surface area contributed by atoms with Crippen LogP contribution in [0.3, 0.4) is 0 Å². The van der Waals surface area contributed by atoms with Crippen molar-refractivity contribution in [3.05, 3.63) is 34.5 Å². The lowest BCUT2D eigenvalue weighted by atomic mass is 10.2. The van der Waals surface area contributed by atoms with Crippen molar-refractivity contribution in [3.63, 3.8) is 0 Å². The highest BCUT2D eigenvalue weighted by molar-refractivity contribution is 8.18. The van der Waals surface area contributed by atoms with Gasteiger partial charge in [-0.05, 0) is 36.9 Å². The molecule has 1 fully saturated rings. The van der Waals surface area contributed by atoms with Gasteiger partial charge < -0.3 is 15.1 Å². The number of nitrogens with zero attached hydrogens (tertiary/aromatic N) is 3. The standard InChI is InChI=1S/C17H20FN3O3S/c1-11-10-20(6-7-22)4-5-21(11)17-19-16(24)15(25-17)8-12-2-3-13(18)9-14(12)23/h2-3,8-9,11,22-23H,4-7,10H2,1H3/b15-8-/t11-/m0/s1. The summed E-state index contributed by atoms with van der Waals surface area (Å²) < 4.78 is 13.1. The summed E-state index contributed by atoms with van der Waals surface area (Å²) in [5.41, 5.74) is 0.384. The smallest absolute Gasteiger partial charge is 0.286 e. The molecule has 0 aromatic heterocycles. The topological polar surface area (TPSA) is 76.4 Å². The van der Waals surface area contributed by atoms with Gasteiger partial charge in [0.25, 0.3) is 5.91 Å². The summed E-state index contributed by atoms with van der Waals surface area (Å²) in [6.45, 7) is 5.17. The van der Waals surface area contributed by atoms with Crippen molar-refractivity contribution in [2.24, 2.45) is 4.99 Å². The van der Waals surface area contributed by atoms with Crippen LogP contribution in [0.15, 0.2) is 28.1 Å². The van der Waals surface area contributed by atoms with E-state index in [1.807, 2.05) is 0 Å². The van der Waals surface area contributed by atoms with Gasteiger partial charge in [0.05, 0.1) is 11.5 Å². The van der Waals surface area contributed by atoms with Gasteiger partial charge in [0, 0.05) is 43.9 Å². The van der Waals surface area contributed by atoms with E-state index in [4.69, 9.17) is 5.11 Å². The van der Waals surface area contributed by atoms with Crippen LogP contribution < -0.4 is 0 Å². The number of piperazine rings is 1. The van der Waals surface area contributed by atoms with Crippen molar-refractivity contribution in [1.29, 1.82) is 0 Å². The highest BCUT2D eigenvalue weighted by Crippen LogP contribution is 2.33. The molecule has 0 unspecified atom stereocenters. The van der Waals surface area contributed by atoms with Gasteiger partial charge in [0.2, 0.25) is 0 Å². The van der Waals surface area contributed by atoms with Gasteiger partial charge in [-0.3, -0.25) is 9.69 Å². The second kappa shape index (κ2) is 7.55. The average molecular weight is 365 g/mol. The number of aliphatic imine (C=N–C) groups is 1. The van der Waals surface area contributed by atoms with E-state index in [-0.39, 0.29) is 24.3 Å². The predicted molar refractivity (Wildman–Crippen MR) is 95.8 cm³/mol. The Hall–Kier alpha value is -1.90. The fourth-order valence-corrected chi connectivity index (χ4v) is 4.00. The molecule has 0 saturated carbocycles. The molecule has 2 heterocycles. The van der Waals surface area contributed by atoms with Gasteiger partial charge in [-0.1, -0.05) is 0 Å². The monoisotopic (exact) mass is 365 g/mol. The van der Waals surface area contributed by atoms with Crippen molar-refractivity contribution < 1.29 is 19.4 Å². The molecule has 0 radical (unpaired) electrons. The van der Waals surface area contributed by atoms with Crippen LogP contribution in [0.5, 0.6) is 5.75 Å². The van der Waals surface area contributed by atoms with Crippen molar-refractivity contribution in [1.82, 2.24) is 9.80 Å². The number of aliphatic hydroxyl groups excluding tert-OH is 1. The lowest BCUT2D eigenvalue weighted by Crippen LogP contribution is -2.53. The first-order valence-corrected chi connectivity index (χ1v) is 8.90. The van der Waals surface area contributed by atoms with Gasteiger partial charge in [0.15, 0.2) is 5.17 Å². The molecule has 1 saturated heterocycles. The minimum atomic E-state index is -0.531. The number of halogens is 1. The quantitative estimate of drug-likeness (QED) is 0.791. The number of amides is 1. The zero-order valence-electron chi connectivity index (χ0n) is 13.9. The number of aliphatic hydroxyl groups is 1. The van der Waals surface area contributed by atoms with Gasteiger partial charge in [-0.2, -0.15) is 4.99 Å². The minimum Gasteiger partial charge on any atom is -0.507 e. The van der Waals surface area contributed by atoms with Crippen molar-refractivity contribution in [3.8, 4) is 5.75 Å². The first-order chi connectivity index (χ1) is 12.0. The fraction of sp³-hybridized carbons (Fsp3) is 0.412. The lowest BCUT2D eigenvalue weighted by molar-refractivity contribution is -0.113. The summed E-state index contributed by atoms with van der Waals surface area (Å²) in [5, 5.41) is 19.5. The number of amidine groups is 1. The van der Waals surface area contributed by atoms with E-state index >= 15 is 0 Å². The van der Waals surface area contributed by atoms with Crippen molar-refractivity contribution in [2.75, 3.05) is 32.8 Å². The van der Waals surface area contributed by atoms with Gasteiger partial charge in [0.1, 0.15) is 11.6 Å². The number of aromatic hydroxyl groups is 1. The molecule has 1 atom stereocenters. The summed E-state index contributed by atoms with van der Waals surface area (Å²) in [4.78, 5) is 21.0. The van der Waals surface area contributed by atoms with Crippen LogP contribution in [-0.2, 0) is 4.79 Å². The molecule has 1 aromatic carbocycles. The van der Waals surface area contributed by atoms with Crippen LogP contribution in [-0.4, -0.2) is 69.9 Å². The number of benzene rings is 1. The van der Waals surface area contributed by atoms with Crippen molar-refractivity contribution in [2.45, 2.75) is 13.0 Å². The molecule has 3 rings (SSSR count). The first kappa shape index (κ1) is 17.9. The van der Waals surface area contributed by atoms with Gasteiger partial charge in [-0.15, -0.1) is 0 Å². The zero-order chi connectivity index (χ0) is 18.0. The third-order valence-corrected chi connectivity index (χ3v) is 5.28. The lowest BCUT2D eigenvalue weighted by Gasteiger charge is -2.40. The Morgan fingerprint density at radius 2 is 2.24 bits per heavy atom. The molecule has 25 heavy (non-hydrogen) atoms. The molecule has 1 amide bonds. The van der Waals surface area contributed by atoms with E-state index in [1.54, 1.807) is 0 Å². The molecule has 2 N–H and O–H groups in total. The van der Waals surface area contributed by atoms with E-state index in [2.05, 4.69) is 21.7 Å². The molecule has 6 nitrogen and oxygen atoms in total. The first-order valence-electron chi connectivity index (χ1n) is 8.09. The molecule has 2 aliphatic heterocycles. The Kier molecular flexibility index (Phi) is 5.41. The Bertz CT molecular complexity index is 738. The largest absolute Gasteiger partial charge is 0.507 e. The second-order valence-electron chi connectivity index (χ2n) is 6.08. The molecule has 0 aliphatic carbocycles. The maximum atomic E-state index is 13.1. The highest BCUT2D eigenvalue weighted by atomic mass is 32.2. The molecule has 0 spiro atoms. The number of β-amino-alcohol motifs (C(OH)–C–C–N with tert-alkyl or cyclic N) is 1. The predicted octanol–water partition coefficient (Wildman–Crippen LogP) is 1.50. The normalized spacial score (nSPS) is 23.4. The molecular weight excluding hydrogens is 345 g/mol. The Morgan fingerprint density at radius 3 is 2.92 bits per heavy atom. The number of carbonyl (C=O) groups is 1. The summed E-state index contributed by atoms with van der Waals surface area (Å²) in [5.74, 6) is -1.09. The van der Waals surface area contributed by atoms with E-state index in [1.165, 1.54) is 30.0 Å². The average Bonchev–Trinajstić information content (AvgIpc) is 2.91. The van der Waals surface area contributed by atoms with Crippen LogP contribution in [0.2, 0.25) is 0 Å². The maximum Gasteiger partial charge on any atom is 0.286 e. The molecule has 1 aromatic rings. The zero-order valence-corrected chi connectivity index (χ0v) is 14.7. The van der Waals surface area contributed by atoms with Gasteiger partial charge in [-0.25, -0.2) is 4.39 Å². The van der Waals surface area contributed by atoms with E-state index in [9.17, 15) is 14.3 Å². The van der Waals surface area contributed by atoms with Crippen LogP contribution in [0.25, 0.3) is 6.08 Å². The van der Waals surface area contributed by atoms with E-state index in [0.29, 0.717) is 22.2 Å². The number of hydrogen-bond donors (Lipinski definition) is 2.